The van der Waals surface area contributed by atoms with Crippen LogP contribution in [0.4, 0.5) is 5.69 Å². The lowest BCUT2D eigenvalue weighted by Crippen LogP contribution is -2.14. The lowest BCUT2D eigenvalue weighted by molar-refractivity contribution is -0.115. The molecule has 0 atom stereocenters. The number of fused-ring (bicyclic) bond motifs is 3. The van der Waals surface area contributed by atoms with Gasteiger partial charge in [-0.15, -0.1) is 0 Å². The minimum Gasteiger partial charge on any atom is -0.495 e. The minimum absolute atomic E-state index is 0.137. The van der Waals surface area contributed by atoms with Crippen LogP contribution in [0.5, 0.6) is 5.75 Å². The van der Waals surface area contributed by atoms with E-state index in [0.717, 1.165) is 27.3 Å². The molecule has 0 spiro atoms. The third-order valence-corrected chi connectivity index (χ3v) is 4.62. The largest absolute Gasteiger partial charge is 0.495 e. The van der Waals surface area contributed by atoms with Crippen molar-refractivity contribution in [3.63, 3.8) is 0 Å². The van der Waals surface area contributed by atoms with Gasteiger partial charge in [0, 0.05) is 16.6 Å². The van der Waals surface area contributed by atoms with Crippen molar-refractivity contribution < 1.29 is 13.9 Å². The summed E-state index contributed by atoms with van der Waals surface area (Å²) in [6, 6.07) is 17.2. The van der Waals surface area contributed by atoms with Crippen LogP contribution in [0, 0.1) is 0 Å². The number of nitrogens with one attached hydrogen (secondary N) is 1. The molecule has 0 aliphatic rings. The Morgan fingerprint density at radius 2 is 2.00 bits per heavy atom. The first-order chi connectivity index (χ1) is 12.7. The summed E-state index contributed by atoms with van der Waals surface area (Å²) < 4.78 is 10.8. The molecule has 0 radical (unpaired) electrons. The van der Waals surface area contributed by atoms with Gasteiger partial charge in [-0.25, -0.2) is 0 Å². The van der Waals surface area contributed by atoms with Crippen LogP contribution in [0.1, 0.15) is 5.56 Å². The number of hydrogen-bond acceptors (Lipinski definition) is 3. The number of carbonyl (C=O) groups is 1. The van der Waals surface area contributed by atoms with Gasteiger partial charge in [0.2, 0.25) is 5.91 Å². The molecular weight excluding hydrogens is 350 g/mol. The van der Waals surface area contributed by atoms with Crippen molar-refractivity contribution in [1.82, 2.24) is 0 Å². The van der Waals surface area contributed by atoms with Crippen LogP contribution in [-0.4, -0.2) is 13.0 Å². The Morgan fingerprint density at radius 3 is 2.81 bits per heavy atom. The third kappa shape index (κ3) is 3.00. The summed E-state index contributed by atoms with van der Waals surface area (Å²) in [4.78, 5) is 12.5. The van der Waals surface area contributed by atoms with E-state index in [4.69, 9.17) is 20.8 Å². The fraction of sp³-hybridized carbons (Fsp3) is 0.0952. The topological polar surface area (TPSA) is 51.5 Å². The number of amides is 1. The molecule has 1 heterocycles. The van der Waals surface area contributed by atoms with Crippen molar-refractivity contribution in [1.29, 1.82) is 0 Å². The van der Waals surface area contributed by atoms with Crippen LogP contribution in [0.15, 0.2) is 65.3 Å². The third-order valence-electron chi connectivity index (χ3n) is 4.33. The maximum Gasteiger partial charge on any atom is 0.228 e. The van der Waals surface area contributed by atoms with E-state index in [2.05, 4.69) is 5.32 Å². The van der Waals surface area contributed by atoms with Gasteiger partial charge in [0.05, 0.1) is 24.8 Å². The Hall–Kier alpha value is -2.98. The summed E-state index contributed by atoms with van der Waals surface area (Å²) in [5.41, 5.74) is 2.26. The van der Waals surface area contributed by atoms with E-state index < -0.39 is 0 Å². The van der Waals surface area contributed by atoms with E-state index in [1.54, 1.807) is 31.6 Å². The average molecular weight is 366 g/mol. The van der Waals surface area contributed by atoms with Crippen LogP contribution >= 0.6 is 11.6 Å². The van der Waals surface area contributed by atoms with Gasteiger partial charge in [-0.2, -0.15) is 0 Å². The zero-order valence-corrected chi connectivity index (χ0v) is 14.8. The van der Waals surface area contributed by atoms with Gasteiger partial charge in [-0.1, -0.05) is 41.9 Å². The highest BCUT2D eigenvalue weighted by atomic mass is 35.5. The molecule has 0 aliphatic heterocycles. The van der Waals surface area contributed by atoms with Crippen LogP contribution in [0.25, 0.3) is 21.7 Å². The molecule has 130 valence electrons. The molecule has 4 nitrogen and oxygen atoms in total. The van der Waals surface area contributed by atoms with Gasteiger partial charge in [0.25, 0.3) is 0 Å². The second-order valence-corrected chi connectivity index (χ2v) is 6.40. The van der Waals surface area contributed by atoms with Gasteiger partial charge in [0.1, 0.15) is 11.3 Å². The highest BCUT2D eigenvalue weighted by Gasteiger charge is 2.14. The second kappa shape index (κ2) is 6.73. The first kappa shape index (κ1) is 16.5. The number of carbonyl (C=O) groups excluding carboxylic acids is 1. The summed E-state index contributed by atoms with van der Waals surface area (Å²) in [5.74, 6) is 0.429. The fourth-order valence-electron chi connectivity index (χ4n) is 3.13. The second-order valence-electron chi connectivity index (χ2n) is 6.00. The number of benzene rings is 3. The fourth-order valence-corrected chi connectivity index (χ4v) is 3.38. The Morgan fingerprint density at radius 1 is 1.15 bits per heavy atom. The Balaban J connectivity index is 1.62. The molecule has 4 rings (SSSR count). The van der Waals surface area contributed by atoms with E-state index in [1.807, 2.05) is 36.4 Å². The molecule has 0 fully saturated rings. The van der Waals surface area contributed by atoms with E-state index in [0.29, 0.717) is 16.5 Å². The molecule has 3 aromatic carbocycles. The standard InChI is InChI=1S/C21H16ClNO3/c1-25-18-9-7-15(11-17(18)22)23-20(24)10-14-12-26-19-8-6-13-4-2-3-5-16(13)21(14)19/h2-9,11-12H,10H2,1H3,(H,23,24). The van der Waals surface area contributed by atoms with Gasteiger partial charge < -0.3 is 14.5 Å². The minimum atomic E-state index is -0.137. The quantitative estimate of drug-likeness (QED) is 0.524. The number of furan rings is 1. The highest BCUT2D eigenvalue weighted by molar-refractivity contribution is 6.32. The Bertz CT molecular complexity index is 1120. The van der Waals surface area contributed by atoms with Crippen molar-refractivity contribution in [2.75, 3.05) is 12.4 Å². The normalized spacial score (nSPS) is 11.0. The van der Waals surface area contributed by atoms with Gasteiger partial charge in [0.15, 0.2) is 0 Å². The SMILES string of the molecule is COc1ccc(NC(=O)Cc2coc3ccc4ccccc4c23)cc1Cl. The summed E-state index contributed by atoms with van der Waals surface area (Å²) in [6.45, 7) is 0. The van der Waals surface area contributed by atoms with Crippen LogP contribution in [0.3, 0.4) is 0 Å². The van der Waals surface area contributed by atoms with Crippen molar-refractivity contribution in [3.05, 3.63) is 71.4 Å². The predicted octanol–water partition coefficient (Wildman–Crippen LogP) is 5.43. The van der Waals surface area contributed by atoms with Crippen LogP contribution < -0.4 is 10.1 Å². The average Bonchev–Trinajstić information content (AvgIpc) is 3.05. The number of halogens is 1. The smallest absolute Gasteiger partial charge is 0.228 e. The number of hydrogen-bond donors (Lipinski definition) is 1. The molecule has 0 saturated carbocycles. The monoisotopic (exact) mass is 365 g/mol. The molecule has 1 aromatic heterocycles. The molecule has 1 amide bonds. The molecule has 26 heavy (non-hydrogen) atoms. The summed E-state index contributed by atoms with van der Waals surface area (Å²) in [7, 11) is 1.55. The molecule has 0 bridgehead atoms. The maximum absolute atomic E-state index is 12.5. The zero-order chi connectivity index (χ0) is 18.1. The zero-order valence-electron chi connectivity index (χ0n) is 14.1. The maximum atomic E-state index is 12.5. The van der Waals surface area contributed by atoms with Gasteiger partial charge >= 0.3 is 0 Å². The van der Waals surface area contributed by atoms with Crippen LogP contribution in [-0.2, 0) is 11.2 Å². The first-order valence-electron chi connectivity index (χ1n) is 8.17. The summed E-state index contributed by atoms with van der Waals surface area (Å²) in [5, 5.41) is 6.48. The van der Waals surface area contributed by atoms with Gasteiger partial charge in [-0.05, 0) is 35.0 Å². The summed E-state index contributed by atoms with van der Waals surface area (Å²) >= 11 is 6.11. The van der Waals surface area contributed by atoms with E-state index in [-0.39, 0.29) is 12.3 Å². The van der Waals surface area contributed by atoms with Crippen molar-refractivity contribution in [2.45, 2.75) is 6.42 Å². The highest BCUT2D eigenvalue weighted by Crippen LogP contribution is 2.31. The first-order valence-corrected chi connectivity index (χ1v) is 8.55. The Labute approximate surface area is 155 Å². The molecule has 1 N–H and O–H groups in total. The molecule has 0 saturated heterocycles. The lowest BCUT2D eigenvalue weighted by atomic mass is 10.0. The molecule has 0 unspecified atom stereocenters. The van der Waals surface area contributed by atoms with Crippen molar-refractivity contribution >= 4 is 44.9 Å². The van der Waals surface area contributed by atoms with Gasteiger partial charge in [-0.3, -0.25) is 4.79 Å². The summed E-state index contributed by atoms with van der Waals surface area (Å²) in [6.07, 6.45) is 1.86. The lowest BCUT2D eigenvalue weighted by Gasteiger charge is -2.08. The number of rotatable bonds is 4. The molecule has 4 aromatic rings. The number of ether oxygens (including phenoxy) is 1. The van der Waals surface area contributed by atoms with Crippen molar-refractivity contribution in [3.8, 4) is 5.75 Å². The molecule has 5 heteroatoms. The predicted molar refractivity (Wildman–Crippen MR) is 104 cm³/mol. The Kier molecular flexibility index (Phi) is 4.27. The molecule has 0 aliphatic carbocycles. The van der Waals surface area contributed by atoms with Crippen molar-refractivity contribution in [2.24, 2.45) is 0 Å². The van der Waals surface area contributed by atoms with Crippen LogP contribution in [0.2, 0.25) is 5.02 Å². The molecular formula is C21H16ClNO3. The van der Waals surface area contributed by atoms with E-state index >= 15 is 0 Å². The van der Waals surface area contributed by atoms with E-state index in [9.17, 15) is 4.79 Å². The number of methoxy groups -OCH3 is 1. The van der Waals surface area contributed by atoms with E-state index in [1.165, 1.54) is 0 Å². The number of anilines is 1.